The molecule has 0 N–H and O–H groups in total. The summed E-state index contributed by atoms with van der Waals surface area (Å²) < 4.78 is 1.79. The fourth-order valence-corrected chi connectivity index (χ4v) is 0.735. The second kappa shape index (κ2) is 3.63. The van der Waals surface area contributed by atoms with Crippen molar-refractivity contribution in [1.29, 1.82) is 0 Å². The number of aromatic nitrogens is 3. The molecule has 58 valence electrons. The molecule has 0 saturated carbocycles. The third-order valence-electron chi connectivity index (χ3n) is 1.32. The molecule has 0 aliphatic rings. The average molecular weight is 152 g/mol. The molecule has 0 aromatic carbocycles. The lowest BCUT2D eigenvalue weighted by atomic mass is 10.4. The molecule has 0 amide bonds. The van der Waals surface area contributed by atoms with E-state index in [9.17, 15) is 4.79 Å². The summed E-state index contributed by atoms with van der Waals surface area (Å²) in [6.07, 6.45) is 3.71. The highest BCUT2D eigenvalue weighted by Crippen LogP contribution is 1.91. The molecular formula is C6H8N4O. The molecule has 0 saturated heterocycles. The number of carbonyl (C=O) groups excluding carboxylic acids is 1. The van der Waals surface area contributed by atoms with E-state index in [1.165, 1.54) is 6.08 Å². The molecule has 5 nitrogen and oxygen atoms in total. The molecule has 0 aliphatic carbocycles. The Bertz CT molecular complexity index is 274. The van der Waals surface area contributed by atoms with Crippen LogP contribution in [0.1, 0.15) is 5.82 Å². The monoisotopic (exact) mass is 152 g/mol. The number of isocyanates is 1. The summed E-state index contributed by atoms with van der Waals surface area (Å²) in [6.45, 7) is 0.427. The van der Waals surface area contributed by atoms with Crippen LogP contribution in [0.15, 0.2) is 11.3 Å². The smallest absolute Gasteiger partial charge is 0.234 e. The van der Waals surface area contributed by atoms with Gasteiger partial charge in [-0.3, -0.25) is 0 Å². The van der Waals surface area contributed by atoms with Crippen LogP contribution in [0.5, 0.6) is 0 Å². The molecule has 0 atom stereocenters. The van der Waals surface area contributed by atoms with Crippen LogP contribution in [0.4, 0.5) is 0 Å². The highest BCUT2D eigenvalue weighted by molar-refractivity contribution is 5.32. The van der Waals surface area contributed by atoms with E-state index < -0.39 is 0 Å². The van der Waals surface area contributed by atoms with Crippen molar-refractivity contribution in [3.05, 3.63) is 12.2 Å². The van der Waals surface area contributed by atoms with Gasteiger partial charge in [-0.2, -0.15) is 0 Å². The molecule has 0 spiro atoms. The summed E-state index contributed by atoms with van der Waals surface area (Å²) in [6, 6.07) is 0. The van der Waals surface area contributed by atoms with Crippen molar-refractivity contribution in [3.8, 4) is 0 Å². The lowest BCUT2D eigenvalue weighted by molar-refractivity contribution is 0.562. The average Bonchev–Trinajstić information content (AvgIpc) is 2.37. The van der Waals surface area contributed by atoms with Crippen molar-refractivity contribution >= 4 is 6.08 Å². The van der Waals surface area contributed by atoms with Crippen LogP contribution in [0.3, 0.4) is 0 Å². The predicted octanol–water partition coefficient (Wildman–Crippen LogP) is -0.307. The molecule has 11 heavy (non-hydrogen) atoms. The van der Waals surface area contributed by atoms with Gasteiger partial charge in [-0.15, -0.1) is 10.2 Å². The van der Waals surface area contributed by atoms with Gasteiger partial charge in [0.15, 0.2) is 0 Å². The maximum atomic E-state index is 9.68. The SMILES string of the molecule is Cn1cnnc1CCN=C=O. The second-order valence-electron chi connectivity index (χ2n) is 2.08. The largest absolute Gasteiger partial charge is 0.321 e. The zero-order valence-electron chi connectivity index (χ0n) is 6.19. The molecule has 0 radical (unpaired) electrons. The van der Waals surface area contributed by atoms with Crippen molar-refractivity contribution in [3.63, 3.8) is 0 Å². The number of rotatable bonds is 3. The van der Waals surface area contributed by atoms with Gasteiger partial charge in [0.2, 0.25) is 6.08 Å². The Labute approximate surface area is 63.8 Å². The standard InChI is InChI=1S/C6H8N4O/c1-10-4-8-9-6(10)2-3-7-5-11/h4H,2-3H2,1H3. The maximum absolute atomic E-state index is 9.68. The Balaban J connectivity index is 2.50. The van der Waals surface area contributed by atoms with E-state index in [4.69, 9.17) is 0 Å². The van der Waals surface area contributed by atoms with Gasteiger partial charge >= 0.3 is 0 Å². The van der Waals surface area contributed by atoms with E-state index in [1.807, 2.05) is 7.05 Å². The summed E-state index contributed by atoms with van der Waals surface area (Å²) in [5.41, 5.74) is 0. The molecule has 0 fully saturated rings. The highest BCUT2D eigenvalue weighted by atomic mass is 16.1. The van der Waals surface area contributed by atoms with Gasteiger partial charge in [0.1, 0.15) is 12.2 Å². The zero-order chi connectivity index (χ0) is 8.10. The van der Waals surface area contributed by atoms with Gasteiger partial charge in [0.25, 0.3) is 0 Å². The molecule has 1 aromatic rings. The molecule has 0 unspecified atom stereocenters. The molecule has 0 aliphatic heterocycles. The highest BCUT2D eigenvalue weighted by Gasteiger charge is 1.97. The fraction of sp³-hybridized carbons (Fsp3) is 0.500. The summed E-state index contributed by atoms with van der Waals surface area (Å²) >= 11 is 0. The van der Waals surface area contributed by atoms with Crippen LogP contribution in [0.2, 0.25) is 0 Å². The first-order valence-corrected chi connectivity index (χ1v) is 3.21. The van der Waals surface area contributed by atoms with Crippen LogP contribution in [0.25, 0.3) is 0 Å². The lowest BCUT2D eigenvalue weighted by Crippen LogP contribution is -1.99. The number of hydrogen-bond donors (Lipinski definition) is 0. The van der Waals surface area contributed by atoms with Crippen molar-refractivity contribution in [2.24, 2.45) is 12.0 Å². The van der Waals surface area contributed by atoms with E-state index in [1.54, 1.807) is 10.9 Å². The minimum atomic E-state index is 0.427. The molecular weight excluding hydrogens is 144 g/mol. The Hall–Kier alpha value is -1.48. The van der Waals surface area contributed by atoms with Gasteiger partial charge in [-0.05, 0) is 0 Å². The van der Waals surface area contributed by atoms with Gasteiger partial charge in [-0.25, -0.2) is 9.79 Å². The molecule has 1 rings (SSSR count). The predicted molar refractivity (Wildman–Crippen MR) is 37.7 cm³/mol. The van der Waals surface area contributed by atoms with Crippen molar-refractivity contribution < 1.29 is 4.79 Å². The minimum absolute atomic E-state index is 0.427. The first kappa shape index (κ1) is 7.63. The van der Waals surface area contributed by atoms with Crippen molar-refractivity contribution in [2.75, 3.05) is 6.54 Å². The van der Waals surface area contributed by atoms with Gasteiger partial charge in [0.05, 0.1) is 6.54 Å². The first-order chi connectivity index (χ1) is 5.34. The van der Waals surface area contributed by atoms with Gasteiger partial charge < -0.3 is 4.57 Å². The summed E-state index contributed by atoms with van der Waals surface area (Å²) in [5.74, 6) is 0.823. The topological polar surface area (TPSA) is 60.1 Å². The summed E-state index contributed by atoms with van der Waals surface area (Å²) in [7, 11) is 1.85. The van der Waals surface area contributed by atoms with E-state index in [0.29, 0.717) is 13.0 Å². The van der Waals surface area contributed by atoms with Crippen LogP contribution >= 0.6 is 0 Å². The fourth-order valence-electron chi connectivity index (χ4n) is 0.735. The summed E-state index contributed by atoms with van der Waals surface area (Å²) in [4.78, 5) is 13.1. The Kier molecular flexibility index (Phi) is 2.52. The minimum Gasteiger partial charge on any atom is -0.321 e. The van der Waals surface area contributed by atoms with Crippen LogP contribution < -0.4 is 0 Å². The number of nitrogens with zero attached hydrogens (tertiary/aromatic N) is 4. The van der Waals surface area contributed by atoms with Gasteiger partial charge in [0, 0.05) is 13.5 Å². The maximum Gasteiger partial charge on any atom is 0.234 e. The van der Waals surface area contributed by atoms with E-state index in [0.717, 1.165) is 5.82 Å². The van der Waals surface area contributed by atoms with Crippen LogP contribution in [-0.2, 0) is 18.3 Å². The Morgan fingerprint density at radius 1 is 1.82 bits per heavy atom. The van der Waals surface area contributed by atoms with Crippen molar-refractivity contribution in [1.82, 2.24) is 14.8 Å². The summed E-state index contributed by atoms with van der Waals surface area (Å²) in [5, 5.41) is 7.48. The van der Waals surface area contributed by atoms with E-state index in [-0.39, 0.29) is 0 Å². The molecule has 1 heterocycles. The Morgan fingerprint density at radius 2 is 2.64 bits per heavy atom. The number of aliphatic imine (C=N–C) groups is 1. The van der Waals surface area contributed by atoms with E-state index in [2.05, 4.69) is 15.2 Å². The van der Waals surface area contributed by atoms with Crippen LogP contribution in [0, 0.1) is 0 Å². The first-order valence-electron chi connectivity index (χ1n) is 3.21. The number of hydrogen-bond acceptors (Lipinski definition) is 4. The lowest BCUT2D eigenvalue weighted by Gasteiger charge is -1.93. The number of aryl methyl sites for hydroxylation is 1. The van der Waals surface area contributed by atoms with Crippen LogP contribution in [-0.4, -0.2) is 27.4 Å². The Morgan fingerprint density at radius 3 is 3.18 bits per heavy atom. The van der Waals surface area contributed by atoms with Crippen molar-refractivity contribution in [2.45, 2.75) is 6.42 Å². The van der Waals surface area contributed by atoms with Gasteiger partial charge in [-0.1, -0.05) is 0 Å². The quantitative estimate of drug-likeness (QED) is 0.441. The third kappa shape index (κ3) is 1.98. The molecule has 1 aromatic heterocycles. The molecule has 0 bridgehead atoms. The zero-order valence-corrected chi connectivity index (χ0v) is 6.19. The molecule has 5 heteroatoms. The normalized spacial score (nSPS) is 9.18. The third-order valence-corrected chi connectivity index (χ3v) is 1.32. The van der Waals surface area contributed by atoms with E-state index >= 15 is 0 Å². The second-order valence-corrected chi connectivity index (χ2v) is 2.08.